The number of hydrogen-bond donors (Lipinski definition) is 1. The molecular weight excluding hydrogens is 468 g/mol. The third kappa shape index (κ3) is 4.35. The Morgan fingerprint density at radius 3 is 2.65 bits per heavy atom. The molecule has 1 saturated carbocycles. The van der Waals surface area contributed by atoms with E-state index in [-0.39, 0.29) is 11.5 Å². The maximum Gasteiger partial charge on any atom is 0.295 e. The second-order valence-electron chi connectivity index (χ2n) is 8.44. The number of thiophene rings is 1. The molecule has 1 N–H and O–H groups in total. The van der Waals surface area contributed by atoms with E-state index in [4.69, 9.17) is 0 Å². The summed E-state index contributed by atoms with van der Waals surface area (Å²) in [4.78, 5) is 27.5. The van der Waals surface area contributed by atoms with Gasteiger partial charge in [-0.25, -0.2) is 4.68 Å². The summed E-state index contributed by atoms with van der Waals surface area (Å²) in [6, 6.07) is 13.9. The van der Waals surface area contributed by atoms with E-state index in [0.29, 0.717) is 17.4 Å². The van der Waals surface area contributed by atoms with Gasteiger partial charge in [0.25, 0.3) is 5.56 Å². The number of hydrogen-bond acceptors (Lipinski definition) is 6. The second-order valence-corrected chi connectivity index (χ2v) is 10.8. The Hall–Kier alpha value is -3.11. The summed E-state index contributed by atoms with van der Waals surface area (Å²) in [7, 11) is 1.81. The Morgan fingerprint density at radius 1 is 1.21 bits per heavy atom. The highest BCUT2D eigenvalue weighted by molar-refractivity contribution is 8.00. The zero-order valence-corrected chi connectivity index (χ0v) is 20.9. The molecule has 3 heterocycles. The number of para-hydroxylation sites is 1. The van der Waals surface area contributed by atoms with Gasteiger partial charge in [0.05, 0.1) is 16.6 Å². The number of nitrogens with one attached hydrogen (secondary N) is 1. The van der Waals surface area contributed by atoms with E-state index < -0.39 is 5.25 Å². The summed E-state index contributed by atoms with van der Waals surface area (Å²) in [5, 5.41) is 14.1. The summed E-state index contributed by atoms with van der Waals surface area (Å²) >= 11 is 3.09. The Bertz CT molecular complexity index is 1370. The molecule has 0 aliphatic heterocycles. The first-order chi connectivity index (χ1) is 16.4. The minimum atomic E-state index is -0.444. The van der Waals surface area contributed by atoms with Gasteiger partial charge in [0.1, 0.15) is 11.5 Å². The van der Waals surface area contributed by atoms with Crippen LogP contribution in [0.4, 0.5) is 5.69 Å². The molecule has 0 radical (unpaired) electrons. The van der Waals surface area contributed by atoms with Crippen molar-refractivity contribution in [2.75, 3.05) is 5.32 Å². The van der Waals surface area contributed by atoms with Crippen LogP contribution in [0.3, 0.4) is 0 Å². The van der Waals surface area contributed by atoms with Crippen LogP contribution in [0.1, 0.15) is 42.2 Å². The van der Waals surface area contributed by atoms with Crippen molar-refractivity contribution in [1.82, 2.24) is 24.1 Å². The summed E-state index contributed by atoms with van der Waals surface area (Å²) in [5.41, 5.74) is 1.48. The molecule has 1 amide bonds. The van der Waals surface area contributed by atoms with Gasteiger partial charge in [0.2, 0.25) is 5.91 Å². The molecule has 176 valence electrons. The summed E-state index contributed by atoms with van der Waals surface area (Å²) < 4.78 is 5.50. The zero-order valence-electron chi connectivity index (χ0n) is 19.3. The van der Waals surface area contributed by atoms with Crippen molar-refractivity contribution in [1.29, 1.82) is 0 Å². The van der Waals surface area contributed by atoms with Crippen molar-refractivity contribution in [2.45, 2.75) is 49.6 Å². The van der Waals surface area contributed by atoms with Gasteiger partial charge in [0, 0.05) is 24.4 Å². The minimum absolute atomic E-state index is 0.235. The fourth-order valence-corrected chi connectivity index (χ4v) is 5.57. The van der Waals surface area contributed by atoms with E-state index in [2.05, 4.69) is 31.5 Å². The van der Waals surface area contributed by atoms with Crippen molar-refractivity contribution < 1.29 is 4.79 Å². The van der Waals surface area contributed by atoms with Gasteiger partial charge in [-0.3, -0.25) is 14.3 Å². The average Bonchev–Trinajstić information content (AvgIpc) is 3.32. The fourth-order valence-electron chi connectivity index (χ4n) is 3.93. The van der Waals surface area contributed by atoms with E-state index in [9.17, 15) is 9.59 Å². The molecule has 34 heavy (non-hydrogen) atoms. The van der Waals surface area contributed by atoms with Crippen LogP contribution < -0.4 is 10.9 Å². The molecule has 4 aromatic rings. The number of amides is 1. The highest BCUT2D eigenvalue weighted by atomic mass is 32.2. The lowest BCUT2D eigenvalue weighted by Gasteiger charge is -2.13. The van der Waals surface area contributed by atoms with Crippen LogP contribution in [0.5, 0.6) is 0 Å². The smallest absolute Gasteiger partial charge is 0.295 e. The Morgan fingerprint density at radius 2 is 1.97 bits per heavy atom. The second kappa shape index (κ2) is 9.27. The Labute approximate surface area is 205 Å². The largest absolute Gasteiger partial charge is 0.319 e. The number of anilines is 1. The average molecular weight is 495 g/mol. The third-order valence-electron chi connectivity index (χ3n) is 6.01. The maximum atomic E-state index is 13.1. The number of carbonyl (C=O) groups is 1. The van der Waals surface area contributed by atoms with Gasteiger partial charge in [-0.05, 0) is 50.3 Å². The number of rotatable bonds is 8. The predicted molar refractivity (Wildman–Crippen MR) is 135 cm³/mol. The molecule has 3 aromatic heterocycles. The number of carbonyl (C=O) groups excluding carboxylic acids is 1. The lowest BCUT2D eigenvalue weighted by atomic mass is 10.3. The number of thioether (sulfide) groups is 1. The molecule has 0 spiro atoms. The molecule has 5 rings (SSSR count). The summed E-state index contributed by atoms with van der Waals surface area (Å²) in [5.74, 6) is 0.700. The highest BCUT2D eigenvalue weighted by Crippen LogP contribution is 2.40. The topological polar surface area (TPSA) is 86.7 Å². The van der Waals surface area contributed by atoms with Crippen LogP contribution in [0, 0.1) is 6.92 Å². The van der Waals surface area contributed by atoms with E-state index >= 15 is 0 Å². The van der Waals surface area contributed by atoms with Gasteiger partial charge in [-0.2, -0.15) is 0 Å². The third-order valence-corrected chi connectivity index (χ3v) is 7.95. The van der Waals surface area contributed by atoms with Crippen LogP contribution in [-0.4, -0.2) is 35.3 Å². The molecule has 1 aromatic carbocycles. The molecule has 1 atom stereocenters. The molecular formula is C24H26N6O2S2. The fraction of sp³-hybridized carbons (Fsp3) is 0.333. The van der Waals surface area contributed by atoms with Crippen LogP contribution in [0.25, 0.3) is 5.69 Å². The molecule has 0 bridgehead atoms. The number of aromatic nitrogens is 5. The molecule has 1 unspecified atom stereocenters. The van der Waals surface area contributed by atoms with Crippen molar-refractivity contribution in [2.24, 2.45) is 7.05 Å². The van der Waals surface area contributed by atoms with E-state index in [0.717, 1.165) is 35.9 Å². The van der Waals surface area contributed by atoms with Crippen molar-refractivity contribution in [3.63, 3.8) is 0 Å². The van der Waals surface area contributed by atoms with Crippen LogP contribution in [0.15, 0.2) is 57.8 Å². The van der Waals surface area contributed by atoms with Crippen LogP contribution >= 0.6 is 23.1 Å². The summed E-state index contributed by atoms with van der Waals surface area (Å²) in [6.45, 7) is 3.66. The molecule has 10 heteroatoms. The van der Waals surface area contributed by atoms with Gasteiger partial charge >= 0.3 is 0 Å². The molecule has 8 nitrogen and oxygen atoms in total. The first-order valence-electron chi connectivity index (χ1n) is 11.2. The lowest BCUT2D eigenvalue weighted by Crippen LogP contribution is -2.27. The zero-order chi connectivity index (χ0) is 23.8. The van der Waals surface area contributed by atoms with Crippen molar-refractivity contribution in [3.05, 3.63) is 74.6 Å². The van der Waals surface area contributed by atoms with E-state index in [1.54, 1.807) is 20.7 Å². The highest BCUT2D eigenvalue weighted by Gasteiger charge is 2.31. The van der Waals surface area contributed by atoms with Crippen LogP contribution in [0.2, 0.25) is 0 Å². The summed E-state index contributed by atoms with van der Waals surface area (Å²) in [6.07, 6.45) is 2.95. The van der Waals surface area contributed by atoms with E-state index in [1.165, 1.54) is 16.6 Å². The lowest BCUT2D eigenvalue weighted by molar-refractivity contribution is -0.115. The van der Waals surface area contributed by atoms with Gasteiger partial charge in [-0.1, -0.05) is 36.0 Å². The van der Waals surface area contributed by atoms with Crippen molar-refractivity contribution >= 4 is 34.7 Å². The minimum Gasteiger partial charge on any atom is -0.319 e. The molecule has 0 saturated heterocycles. The maximum absolute atomic E-state index is 13.1. The quantitative estimate of drug-likeness (QED) is 0.371. The number of nitrogens with zero attached hydrogens (tertiary/aromatic N) is 5. The Balaban J connectivity index is 1.34. The SMILES string of the molecule is Cc1c(NC(=O)C(C)Sc2nnc(Cc3cccs3)n2C2CC2)c(=O)n(-c2ccccc2)n1C. The predicted octanol–water partition coefficient (Wildman–Crippen LogP) is 4.18. The first kappa shape index (κ1) is 22.7. The van der Waals surface area contributed by atoms with Gasteiger partial charge < -0.3 is 9.88 Å². The standard InChI is InChI=1S/C24H26N6O2S2/c1-15-21(23(32)30(28(15)3)18-8-5-4-6-9-18)25-22(31)16(2)34-24-27-26-20(29(24)17-11-12-17)14-19-10-7-13-33-19/h4-10,13,16-17H,11-12,14H2,1-3H3,(H,25,31). The van der Waals surface area contributed by atoms with Crippen LogP contribution in [-0.2, 0) is 18.3 Å². The van der Waals surface area contributed by atoms with Crippen molar-refractivity contribution in [3.8, 4) is 5.69 Å². The molecule has 1 fully saturated rings. The van der Waals surface area contributed by atoms with Gasteiger partial charge in [-0.15, -0.1) is 21.5 Å². The molecule has 1 aliphatic rings. The number of benzene rings is 1. The Kier molecular flexibility index (Phi) is 6.18. The first-order valence-corrected chi connectivity index (χ1v) is 13.0. The normalized spacial score (nSPS) is 14.3. The van der Waals surface area contributed by atoms with Gasteiger partial charge in [0.15, 0.2) is 5.16 Å². The monoisotopic (exact) mass is 494 g/mol. The van der Waals surface area contributed by atoms with E-state index in [1.807, 2.05) is 57.3 Å². The molecule has 1 aliphatic carbocycles.